The summed E-state index contributed by atoms with van der Waals surface area (Å²) in [7, 11) is 1.69. The molecule has 0 aliphatic rings. The van der Waals surface area contributed by atoms with Crippen LogP contribution >= 0.6 is 0 Å². The molecule has 0 atom stereocenters. The number of hydrogen-bond donors (Lipinski definition) is 3. The van der Waals surface area contributed by atoms with Crippen LogP contribution in [-0.2, 0) is 24.3 Å². The van der Waals surface area contributed by atoms with Crippen LogP contribution in [0.2, 0.25) is 0 Å². The van der Waals surface area contributed by atoms with Crippen molar-refractivity contribution in [1.82, 2.24) is 15.6 Å². The molecule has 1 heterocycles. The second-order valence-electron chi connectivity index (χ2n) is 6.63. The second-order valence-corrected chi connectivity index (χ2v) is 6.63. The molecule has 6 heteroatoms. The van der Waals surface area contributed by atoms with E-state index in [2.05, 4.69) is 44.9 Å². The number of halogens is 1. The van der Waals surface area contributed by atoms with Gasteiger partial charge in [0.2, 0.25) is 0 Å². The number of benzene rings is 2. The van der Waals surface area contributed by atoms with Crippen LogP contribution in [-0.4, -0.2) is 31.1 Å². The van der Waals surface area contributed by atoms with Gasteiger partial charge < -0.3 is 20.4 Å². The Kier molecular flexibility index (Phi) is 7.03. The Morgan fingerprint density at radius 3 is 2.64 bits per heavy atom. The molecular weight excluding hydrogens is 355 g/mol. The van der Waals surface area contributed by atoms with Gasteiger partial charge in [-0.3, -0.25) is 0 Å². The first-order valence-electron chi connectivity index (χ1n) is 9.54. The lowest BCUT2D eigenvalue weighted by molar-refractivity contribution is 0.185. The monoisotopic (exact) mass is 382 g/mol. The zero-order valence-electron chi connectivity index (χ0n) is 16.4. The minimum atomic E-state index is -0.215. The molecule has 1 aromatic heterocycles. The Bertz CT molecular complexity index is 918. The average molecular weight is 382 g/mol. The fourth-order valence-electron chi connectivity index (χ4n) is 3.09. The van der Waals surface area contributed by atoms with Gasteiger partial charge >= 0.3 is 0 Å². The molecule has 0 fully saturated rings. The van der Waals surface area contributed by atoms with E-state index >= 15 is 0 Å². The number of fused-ring (bicyclic) bond motifs is 1. The number of H-pyrrole nitrogens is 1. The Labute approximate surface area is 165 Å². The molecule has 0 amide bonds. The summed E-state index contributed by atoms with van der Waals surface area (Å²) in [4.78, 5) is 7.84. The first-order chi connectivity index (χ1) is 13.7. The van der Waals surface area contributed by atoms with Crippen molar-refractivity contribution in [2.24, 2.45) is 4.99 Å². The fourth-order valence-corrected chi connectivity index (χ4v) is 3.09. The van der Waals surface area contributed by atoms with Gasteiger partial charge in [0.15, 0.2) is 5.96 Å². The largest absolute Gasteiger partial charge is 0.380 e. The zero-order chi connectivity index (χ0) is 19.8. The Morgan fingerprint density at radius 2 is 1.89 bits per heavy atom. The molecule has 3 rings (SSSR count). The standard InChI is InChI=1S/C22H27FN4O/c1-3-24-22(27-13-16-4-6-17(7-5-16)15-28-2)25-11-10-18-14-26-21-9-8-19(23)12-20(18)21/h4-9,12,14,26H,3,10-11,13,15H2,1-2H3,(H2,24,25,27). The maximum absolute atomic E-state index is 13.5. The molecule has 0 saturated carbocycles. The van der Waals surface area contributed by atoms with Gasteiger partial charge in [-0.2, -0.15) is 0 Å². The van der Waals surface area contributed by atoms with E-state index in [9.17, 15) is 4.39 Å². The predicted molar refractivity (Wildman–Crippen MR) is 112 cm³/mol. The molecule has 28 heavy (non-hydrogen) atoms. The Morgan fingerprint density at radius 1 is 1.11 bits per heavy atom. The van der Waals surface area contributed by atoms with Crippen LogP contribution in [0.15, 0.2) is 53.7 Å². The minimum Gasteiger partial charge on any atom is -0.380 e. The van der Waals surface area contributed by atoms with Crippen molar-refractivity contribution in [3.05, 3.63) is 71.2 Å². The highest BCUT2D eigenvalue weighted by Crippen LogP contribution is 2.19. The Hall–Kier alpha value is -2.86. The highest BCUT2D eigenvalue weighted by atomic mass is 19.1. The number of ether oxygens (including phenoxy) is 1. The number of hydrogen-bond acceptors (Lipinski definition) is 2. The lowest BCUT2D eigenvalue weighted by Crippen LogP contribution is -2.38. The minimum absolute atomic E-state index is 0.215. The maximum Gasteiger partial charge on any atom is 0.191 e. The van der Waals surface area contributed by atoms with Crippen LogP contribution in [0.3, 0.4) is 0 Å². The molecule has 0 spiro atoms. The zero-order valence-corrected chi connectivity index (χ0v) is 16.4. The van der Waals surface area contributed by atoms with E-state index in [0.717, 1.165) is 46.5 Å². The third kappa shape index (κ3) is 5.33. The van der Waals surface area contributed by atoms with Crippen LogP contribution in [0.1, 0.15) is 23.6 Å². The first-order valence-corrected chi connectivity index (χ1v) is 9.54. The van der Waals surface area contributed by atoms with E-state index in [-0.39, 0.29) is 5.82 Å². The van der Waals surface area contributed by atoms with E-state index in [1.807, 2.05) is 13.1 Å². The number of nitrogens with zero attached hydrogens (tertiary/aromatic N) is 1. The normalized spacial score (nSPS) is 11.8. The highest BCUT2D eigenvalue weighted by molar-refractivity contribution is 5.83. The van der Waals surface area contributed by atoms with Gasteiger partial charge in [-0.25, -0.2) is 9.38 Å². The van der Waals surface area contributed by atoms with Crippen LogP contribution < -0.4 is 10.6 Å². The third-order valence-electron chi connectivity index (χ3n) is 4.51. The number of nitrogens with one attached hydrogen (secondary N) is 3. The second kappa shape index (κ2) is 9.90. The van der Waals surface area contributed by atoms with Crippen molar-refractivity contribution >= 4 is 16.9 Å². The van der Waals surface area contributed by atoms with Crippen molar-refractivity contribution in [3.63, 3.8) is 0 Å². The smallest absolute Gasteiger partial charge is 0.191 e. The molecule has 0 aliphatic carbocycles. The molecular formula is C22H27FN4O. The summed E-state index contributed by atoms with van der Waals surface area (Å²) >= 11 is 0. The van der Waals surface area contributed by atoms with Crippen LogP contribution in [0.5, 0.6) is 0 Å². The highest BCUT2D eigenvalue weighted by Gasteiger charge is 2.05. The summed E-state index contributed by atoms with van der Waals surface area (Å²) in [5.41, 5.74) is 4.33. The number of rotatable bonds is 8. The Balaban J connectivity index is 1.57. The molecule has 0 radical (unpaired) electrons. The molecule has 2 aromatic carbocycles. The van der Waals surface area contributed by atoms with Crippen molar-refractivity contribution in [2.75, 3.05) is 20.2 Å². The van der Waals surface area contributed by atoms with Gasteiger partial charge in [0.05, 0.1) is 13.2 Å². The van der Waals surface area contributed by atoms with Crippen molar-refractivity contribution in [3.8, 4) is 0 Å². The summed E-state index contributed by atoms with van der Waals surface area (Å²) in [6, 6.07) is 13.1. The van der Waals surface area contributed by atoms with Gasteiger partial charge in [-0.1, -0.05) is 24.3 Å². The summed E-state index contributed by atoms with van der Waals surface area (Å²) in [5.74, 6) is 0.558. The predicted octanol–water partition coefficient (Wildman–Crippen LogP) is 3.75. The lowest BCUT2D eigenvalue weighted by Gasteiger charge is -2.11. The molecule has 0 aliphatic heterocycles. The molecule has 0 unspecified atom stereocenters. The third-order valence-corrected chi connectivity index (χ3v) is 4.51. The van der Waals surface area contributed by atoms with Crippen LogP contribution in [0, 0.1) is 5.82 Å². The van der Waals surface area contributed by atoms with Gasteiger partial charge in [-0.05, 0) is 48.2 Å². The lowest BCUT2D eigenvalue weighted by atomic mass is 10.1. The first kappa shape index (κ1) is 19.9. The summed E-state index contributed by atoms with van der Waals surface area (Å²) in [5, 5.41) is 7.54. The summed E-state index contributed by atoms with van der Waals surface area (Å²) in [6.07, 6.45) is 2.72. The molecule has 0 bridgehead atoms. The summed E-state index contributed by atoms with van der Waals surface area (Å²) in [6.45, 7) is 4.75. The number of aromatic nitrogens is 1. The van der Waals surface area contributed by atoms with E-state index in [1.54, 1.807) is 19.2 Å². The molecule has 0 saturated heterocycles. The van der Waals surface area contributed by atoms with Crippen LogP contribution in [0.25, 0.3) is 10.9 Å². The van der Waals surface area contributed by atoms with Crippen molar-refractivity contribution < 1.29 is 9.13 Å². The number of guanidine groups is 1. The molecule has 5 nitrogen and oxygen atoms in total. The summed E-state index contributed by atoms with van der Waals surface area (Å²) < 4.78 is 18.6. The maximum atomic E-state index is 13.5. The molecule has 3 N–H and O–H groups in total. The average Bonchev–Trinajstić information content (AvgIpc) is 3.09. The van der Waals surface area contributed by atoms with Gasteiger partial charge in [-0.15, -0.1) is 0 Å². The molecule has 148 valence electrons. The van der Waals surface area contributed by atoms with E-state index in [4.69, 9.17) is 4.74 Å². The van der Waals surface area contributed by atoms with Crippen molar-refractivity contribution in [2.45, 2.75) is 26.5 Å². The number of aromatic amines is 1. The van der Waals surface area contributed by atoms with E-state index in [0.29, 0.717) is 19.7 Å². The topological polar surface area (TPSA) is 61.4 Å². The number of methoxy groups -OCH3 is 1. The van der Waals surface area contributed by atoms with E-state index < -0.39 is 0 Å². The van der Waals surface area contributed by atoms with Crippen LogP contribution in [0.4, 0.5) is 4.39 Å². The van der Waals surface area contributed by atoms with Gasteiger partial charge in [0.25, 0.3) is 0 Å². The molecule has 3 aromatic rings. The quantitative estimate of drug-likeness (QED) is 0.411. The SMILES string of the molecule is CCNC(=NCc1ccc(COC)cc1)NCCc1c[nH]c2ccc(F)cc12. The van der Waals surface area contributed by atoms with Crippen molar-refractivity contribution in [1.29, 1.82) is 0 Å². The number of aliphatic imine (C=N–C) groups is 1. The van der Waals surface area contributed by atoms with Gasteiger partial charge in [0.1, 0.15) is 5.82 Å². The van der Waals surface area contributed by atoms with E-state index in [1.165, 1.54) is 6.07 Å². The fraction of sp³-hybridized carbons (Fsp3) is 0.318. The van der Waals surface area contributed by atoms with Gasteiger partial charge in [0, 0.05) is 37.3 Å².